The van der Waals surface area contributed by atoms with E-state index in [9.17, 15) is 9.59 Å². The maximum atomic E-state index is 11.8. The molecule has 2 aromatic rings. The summed E-state index contributed by atoms with van der Waals surface area (Å²) < 4.78 is 5.11. The lowest BCUT2D eigenvalue weighted by atomic mass is 10.2. The first kappa shape index (κ1) is 17.6. The van der Waals surface area contributed by atoms with Gasteiger partial charge >= 0.3 is 12.1 Å². The van der Waals surface area contributed by atoms with Crippen LogP contribution in [0.1, 0.15) is 12.5 Å². The summed E-state index contributed by atoms with van der Waals surface area (Å²) in [4.78, 5) is 22.6. The lowest BCUT2D eigenvalue weighted by molar-refractivity contribution is -0.137. The highest BCUT2D eigenvalue weighted by atomic mass is 35.5. The molecular weight excluding hydrogens is 332 g/mol. The first-order valence-electron chi connectivity index (χ1n) is 7.22. The third kappa shape index (κ3) is 5.17. The number of carbonyl (C=O) groups is 2. The van der Waals surface area contributed by atoms with Gasteiger partial charge in [-0.1, -0.05) is 29.8 Å². The number of anilines is 2. The van der Waals surface area contributed by atoms with Gasteiger partial charge in [0.05, 0.1) is 0 Å². The zero-order valence-electron chi connectivity index (χ0n) is 13.0. The van der Waals surface area contributed by atoms with Gasteiger partial charge in [0, 0.05) is 22.0 Å². The maximum absolute atomic E-state index is 11.8. The number of amides is 1. The number of carboxylic acid groups (broad SMARTS) is 1. The van der Waals surface area contributed by atoms with Gasteiger partial charge in [-0.3, -0.25) is 10.1 Å². The van der Waals surface area contributed by atoms with E-state index in [0.717, 1.165) is 5.56 Å². The number of benzene rings is 2. The van der Waals surface area contributed by atoms with E-state index in [1.54, 1.807) is 49.4 Å². The van der Waals surface area contributed by atoms with Crippen LogP contribution in [0.25, 0.3) is 0 Å². The van der Waals surface area contributed by atoms with Gasteiger partial charge in [0.1, 0.15) is 12.6 Å². The summed E-state index contributed by atoms with van der Waals surface area (Å²) in [7, 11) is 0. The summed E-state index contributed by atoms with van der Waals surface area (Å²) in [5.74, 6) is -0.944. The van der Waals surface area contributed by atoms with Gasteiger partial charge in [0.2, 0.25) is 0 Å². The molecule has 1 amide bonds. The third-order valence-corrected chi connectivity index (χ3v) is 3.57. The zero-order valence-corrected chi connectivity index (χ0v) is 13.7. The van der Waals surface area contributed by atoms with Crippen molar-refractivity contribution < 1.29 is 19.4 Å². The summed E-state index contributed by atoms with van der Waals surface area (Å²) in [6, 6.07) is 13.0. The first-order valence-corrected chi connectivity index (χ1v) is 7.60. The largest absolute Gasteiger partial charge is 0.480 e. The average molecular weight is 349 g/mol. The molecule has 0 heterocycles. The van der Waals surface area contributed by atoms with E-state index in [-0.39, 0.29) is 6.61 Å². The van der Waals surface area contributed by atoms with Crippen LogP contribution in [-0.4, -0.2) is 23.2 Å². The van der Waals surface area contributed by atoms with Crippen LogP contribution in [0.4, 0.5) is 16.2 Å². The van der Waals surface area contributed by atoms with Crippen molar-refractivity contribution in [1.29, 1.82) is 0 Å². The minimum atomic E-state index is -0.944. The van der Waals surface area contributed by atoms with Crippen molar-refractivity contribution in [2.45, 2.75) is 19.6 Å². The van der Waals surface area contributed by atoms with E-state index < -0.39 is 18.1 Å². The number of aliphatic carboxylic acids is 1. The molecule has 0 unspecified atom stereocenters. The van der Waals surface area contributed by atoms with E-state index in [4.69, 9.17) is 21.4 Å². The van der Waals surface area contributed by atoms with Crippen molar-refractivity contribution in [3.05, 3.63) is 59.1 Å². The molecule has 3 N–H and O–H groups in total. The molecule has 0 bridgehead atoms. The molecule has 0 saturated carbocycles. The molecule has 24 heavy (non-hydrogen) atoms. The van der Waals surface area contributed by atoms with E-state index in [1.165, 1.54) is 0 Å². The summed E-state index contributed by atoms with van der Waals surface area (Å²) >= 11 is 5.99. The topological polar surface area (TPSA) is 87.7 Å². The van der Waals surface area contributed by atoms with E-state index in [1.807, 2.05) is 6.07 Å². The highest BCUT2D eigenvalue weighted by Crippen LogP contribution is 2.17. The number of hydrogen-bond donors (Lipinski definition) is 3. The predicted molar refractivity (Wildman–Crippen MR) is 92.4 cm³/mol. The standard InChI is InChI=1S/C17H17ClN2O4/c1-11(16(21)22)19-13-6-8-14(9-7-13)20-17(23)24-10-12-4-2-3-5-15(12)18/h2-9,11,19H,10H2,1H3,(H,20,23)(H,21,22)/t11-/m0/s1. The smallest absolute Gasteiger partial charge is 0.411 e. The Kier molecular flexibility index (Phi) is 6.03. The summed E-state index contributed by atoms with van der Waals surface area (Å²) in [5.41, 5.74) is 1.89. The van der Waals surface area contributed by atoms with Gasteiger partial charge < -0.3 is 15.2 Å². The third-order valence-electron chi connectivity index (χ3n) is 3.20. The molecule has 2 aromatic carbocycles. The van der Waals surface area contributed by atoms with Crippen molar-refractivity contribution in [1.82, 2.24) is 0 Å². The second-order valence-electron chi connectivity index (χ2n) is 5.07. The van der Waals surface area contributed by atoms with Gasteiger partial charge in [0.15, 0.2) is 0 Å². The number of carboxylic acids is 1. The molecule has 2 rings (SSSR count). The highest BCUT2D eigenvalue weighted by Gasteiger charge is 2.10. The molecule has 0 fully saturated rings. The number of nitrogens with one attached hydrogen (secondary N) is 2. The normalized spacial score (nSPS) is 11.4. The number of halogens is 1. The van der Waals surface area contributed by atoms with Crippen molar-refractivity contribution in [2.24, 2.45) is 0 Å². The Labute approximate surface area is 144 Å². The van der Waals surface area contributed by atoms with E-state index in [0.29, 0.717) is 16.4 Å². The minimum Gasteiger partial charge on any atom is -0.480 e. The van der Waals surface area contributed by atoms with Gasteiger partial charge in [-0.2, -0.15) is 0 Å². The van der Waals surface area contributed by atoms with E-state index in [2.05, 4.69) is 10.6 Å². The number of ether oxygens (including phenoxy) is 1. The summed E-state index contributed by atoms with van der Waals surface area (Å²) in [6.07, 6.45) is -0.602. The quantitative estimate of drug-likeness (QED) is 0.735. The number of hydrogen-bond acceptors (Lipinski definition) is 4. The van der Waals surface area contributed by atoms with Crippen LogP contribution in [0.2, 0.25) is 5.02 Å². The molecule has 0 spiro atoms. The minimum absolute atomic E-state index is 0.0707. The summed E-state index contributed by atoms with van der Waals surface area (Å²) in [5, 5.41) is 14.8. The van der Waals surface area contributed by atoms with Crippen molar-refractivity contribution in [3.8, 4) is 0 Å². The van der Waals surface area contributed by atoms with Crippen LogP contribution in [0, 0.1) is 0 Å². The fraction of sp³-hybridized carbons (Fsp3) is 0.176. The van der Waals surface area contributed by atoms with E-state index >= 15 is 0 Å². The Bertz CT molecular complexity index is 719. The van der Waals surface area contributed by atoms with Crippen LogP contribution in [0.3, 0.4) is 0 Å². The maximum Gasteiger partial charge on any atom is 0.411 e. The van der Waals surface area contributed by atoms with Crippen molar-refractivity contribution in [3.63, 3.8) is 0 Å². The first-order chi connectivity index (χ1) is 11.5. The van der Waals surface area contributed by atoms with Gasteiger partial charge in [-0.05, 0) is 37.3 Å². The molecule has 6 nitrogen and oxygen atoms in total. The van der Waals surface area contributed by atoms with Crippen molar-refractivity contribution in [2.75, 3.05) is 10.6 Å². The van der Waals surface area contributed by atoms with Crippen LogP contribution >= 0.6 is 11.6 Å². The molecule has 0 aliphatic carbocycles. The second-order valence-corrected chi connectivity index (χ2v) is 5.48. The number of carbonyl (C=O) groups excluding carboxylic acids is 1. The summed E-state index contributed by atoms with van der Waals surface area (Å²) in [6.45, 7) is 1.61. The van der Waals surface area contributed by atoms with Crippen LogP contribution < -0.4 is 10.6 Å². The average Bonchev–Trinajstić information content (AvgIpc) is 2.56. The fourth-order valence-electron chi connectivity index (χ4n) is 1.87. The molecule has 1 atom stereocenters. The van der Waals surface area contributed by atoms with Crippen LogP contribution in [0.15, 0.2) is 48.5 Å². The molecule has 126 valence electrons. The van der Waals surface area contributed by atoms with Crippen molar-refractivity contribution >= 4 is 35.0 Å². The Hall–Kier alpha value is -2.73. The Balaban J connectivity index is 1.86. The zero-order chi connectivity index (χ0) is 17.5. The molecule has 7 heteroatoms. The monoisotopic (exact) mass is 348 g/mol. The lowest BCUT2D eigenvalue weighted by Gasteiger charge is -2.12. The fourth-order valence-corrected chi connectivity index (χ4v) is 2.06. The highest BCUT2D eigenvalue weighted by molar-refractivity contribution is 6.31. The molecule has 0 aliphatic heterocycles. The van der Waals surface area contributed by atoms with Gasteiger partial charge in [-0.15, -0.1) is 0 Å². The Morgan fingerprint density at radius 1 is 1.12 bits per heavy atom. The Morgan fingerprint density at radius 2 is 1.75 bits per heavy atom. The Morgan fingerprint density at radius 3 is 2.38 bits per heavy atom. The molecule has 0 radical (unpaired) electrons. The molecule has 0 aliphatic rings. The SMILES string of the molecule is C[C@H](Nc1ccc(NC(=O)OCc2ccccc2Cl)cc1)C(=O)O. The molecule has 0 saturated heterocycles. The predicted octanol–water partition coefficient (Wildman–Crippen LogP) is 3.97. The second kappa shape index (κ2) is 8.21. The van der Waals surface area contributed by atoms with Crippen LogP contribution in [0.5, 0.6) is 0 Å². The lowest BCUT2D eigenvalue weighted by Crippen LogP contribution is -2.25. The number of rotatable bonds is 6. The van der Waals surface area contributed by atoms with Crippen LogP contribution in [-0.2, 0) is 16.1 Å². The van der Waals surface area contributed by atoms with Gasteiger partial charge in [0.25, 0.3) is 0 Å². The van der Waals surface area contributed by atoms with Gasteiger partial charge in [-0.25, -0.2) is 4.79 Å². The molecule has 0 aromatic heterocycles. The molecular formula is C17H17ClN2O4.